The van der Waals surface area contributed by atoms with Gasteiger partial charge in [0, 0.05) is 29.1 Å². The van der Waals surface area contributed by atoms with E-state index in [4.69, 9.17) is 16.6 Å². The fourth-order valence-electron chi connectivity index (χ4n) is 2.58. The van der Waals surface area contributed by atoms with Crippen LogP contribution in [-0.4, -0.2) is 28.9 Å². The molecule has 122 valence electrons. The number of fused-ring (bicyclic) bond motifs is 1. The summed E-state index contributed by atoms with van der Waals surface area (Å²) in [6, 6.07) is 17.2. The van der Waals surface area contributed by atoms with Gasteiger partial charge in [0.2, 0.25) is 0 Å². The lowest BCUT2D eigenvalue weighted by molar-refractivity contribution is 0.0757. The molecule has 2 aromatic carbocycles. The van der Waals surface area contributed by atoms with Crippen molar-refractivity contribution >= 4 is 28.4 Å². The Hall–Kier alpha value is -2.39. The minimum Gasteiger partial charge on any atom is -0.339 e. The average molecular weight is 339 g/mol. The third-order valence-electron chi connectivity index (χ3n) is 4.19. The van der Waals surface area contributed by atoms with Gasteiger partial charge in [0.15, 0.2) is 0 Å². The van der Waals surface area contributed by atoms with Crippen molar-refractivity contribution in [2.45, 2.75) is 19.9 Å². The highest BCUT2D eigenvalue weighted by Crippen LogP contribution is 2.30. The standard InChI is InChI=1S/C20H19ClN2O/c1-13(2)23(3)20(24)16-12-19(15-9-4-6-10-17(15)21)22-18-11-7-5-8-14(16)18/h4-13H,1-3H3. The van der Waals surface area contributed by atoms with E-state index in [0.29, 0.717) is 16.3 Å². The third kappa shape index (κ3) is 3.00. The van der Waals surface area contributed by atoms with Gasteiger partial charge < -0.3 is 4.90 Å². The molecule has 0 atom stereocenters. The van der Waals surface area contributed by atoms with Crippen LogP contribution in [0.2, 0.25) is 5.02 Å². The molecule has 1 heterocycles. The van der Waals surface area contributed by atoms with E-state index in [1.54, 1.807) is 4.90 Å². The molecule has 0 saturated heterocycles. The Morgan fingerprint density at radius 3 is 2.46 bits per heavy atom. The number of amides is 1. The summed E-state index contributed by atoms with van der Waals surface area (Å²) in [5, 5.41) is 1.47. The molecule has 1 amide bonds. The van der Waals surface area contributed by atoms with Gasteiger partial charge in [0.25, 0.3) is 5.91 Å². The zero-order chi connectivity index (χ0) is 17.3. The first-order valence-corrected chi connectivity index (χ1v) is 8.28. The van der Waals surface area contributed by atoms with Crippen LogP contribution in [0.4, 0.5) is 0 Å². The topological polar surface area (TPSA) is 33.2 Å². The van der Waals surface area contributed by atoms with E-state index < -0.39 is 0 Å². The molecule has 0 aliphatic carbocycles. The molecule has 3 nitrogen and oxygen atoms in total. The van der Waals surface area contributed by atoms with Crippen molar-refractivity contribution in [3.63, 3.8) is 0 Å². The Morgan fingerprint density at radius 1 is 1.08 bits per heavy atom. The minimum absolute atomic E-state index is 0.0168. The molecule has 0 bridgehead atoms. The summed E-state index contributed by atoms with van der Waals surface area (Å²) < 4.78 is 0. The molecule has 0 radical (unpaired) electrons. The normalized spacial score (nSPS) is 11.0. The Labute approximate surface area is 146 Å². The van der Waals surface area contributed by atoms with Gasteiger partial charge in [0.05, 0.1) is 16.8 Å². The van der Waals surface area contributed by atoms with E-state index >= 15 is 0 Å². The molecule has 1 aromatic heterocycles. The second kappa shape index (κ2) is 6.62. The number of pyridine rings is 1. The summed E-state index contributed by atoms with van der Waals surface area (Å²) in [6.45, 7) is 3.99. The van der Waals surface area contributed by atoms with Crippen molar-refractivity contribution in [1.82, 2.24) is 9.88 Å². The van der Waals surface area contributed by atoms with E-state index in [2.05, 4.69) is 0 Å². The highest BCUT2D eigenvalue weighted by atomic mass is 35.5. The van der Waals surface area contributed by atoms with Crippen LogP contribution in [0.1, 0.15) is 24.2 Å². The molecule has 4 heteroatoms. The quantitative estimate of drug-likeness (QED) is 0.670. The molecule has 0 unspecified atom stereocenters. The van der Waals surface area contributed by atoms with Crippen molar-refractivity contribution < 1.29 is 4.79 Å². The molecule has 3 aromatic rings. The zero-order valence-electron chi connectivity index (χ0n) is 14.0. The van der Waals surface area contributed by atoms with Crippen molar-refractivity contribution in [2.75, 3.05) is 7.05 Å². The molecule has 3 rings (SSSR count). The van der Waals surface area contributed by atoms with Crippen LogP contribution in [0, 0.1) is 0 Å². The lowest BCUT2D eigenvalue weighted by Crippen LogP contribution is -2.33. The Kier molecular flexibility index (Phi) is 4.54. The van der Waals surface area contributed by atoms with Crippen LogP contribution >= 0.6 is 11.6 Å². The molecule has 24 heavy (non-hydrogen) atoms. The van der Waals surface area contributed by atoms with Gasteiger partial charge in [-0.3, -0.25) is 4.79 Å². The maximum absolute atomic E-state index is 12.9. The molecule has 0 spiro atoms. The Bertz CT molecular complexity index is 905. The number of carbonyl (C=O) groups excluding carboxylic acids is 1. The monoisotopic (exact) mass is 338 g/mol. The Balaban J connectivity index is 2.24. The van der Waals surface area contributed by atoms with E-state index in [1.165, 1.54) is 0 Å². The van der Waals surface area contributed by atoms with Crippen LogP contribution in [0.25, 0.3) is 22.2 Å². The minimum atomic E-state index is -0.0168. The van der Waals surface area contributed by atoms with E-state index in [1.807, 2.05) is 75.5 Å². The van der Waals surface area contributed by atoms with Gasteiger partial charge >= 0.3 is 0 Å². The highest BCUT2D eigenvalue weighted by molar-refractivity contribution is 6.33. The number of hydrogen-bond acceptors (Lipinski definition) is 2. The van der Waals surface area contributed by atoms with E-state index in [-0.39, 0.29) is 11.9 Å². The lowest BCUT2D eigenvalue weighted by atomic mass is 10.0. The van der Waals surface area contributed by atoms with Crippen molar-refractivity contribution in [3.05, 3.63) is 65.2 Å². The van der Waals surface area contributed by atoms with Gasteiger partial charge in [-0.2, -0.15) is 0 Å². The number of rotatable bonds is 3. The number of carbonyl (C=O) groups is 1. The first kappa shape index (κ1) is 16.5. The summed E-state index contributed by atoms with van der Waals surface area (Å²) in [5.74, 6) is -0.0168. The van der Waals surface area contributed by atoms with Crippen molar-refractivity contribution in [1.29, 1.82) is 0 Å². The van der Waals surface area contributed by atoms with Crippen LogP contribution in [-0.2, 0) is 0 Å². The summed E-state index contributed by atoms with van der Waals surface area (Å²) in [5.41, 5.74) is 2.97. The van der Waals surface area contributed by atoms with Crippen LogP contribution < -0.4 is 0 Å². The summed E-state index contributed by atoms with van der Waals surface area (Å²) in [7, 11) is 1.82. The smallest absolute Gasteiger partial charge is 0.254 e. The Morgan fingerprint density at radius 2 is 1.75 bits per heavy atom. The number of hydrogen-bond donors (Lipinski definition) is 0. The second-order valence-electron chi connectivity index (χ2n) is 6.06. The summed E-state index contributed by atoms with van der Waals surface area (Å²) >= 11 is 6.32. The van der Waals surface area contributed by atoms with Crippen LogP contribution in [0.5, 0.6) is 0 Å². The second-order valence-corrected chi connectivity index (χ2v) is 6.47. The predicted molar refractivity (Wildman–Crippen MR) is 99.4 cm³/mol. The van der Waals surface area contributed by atoms with Crippen molar-refractivity contribution in [2.24, 2.45) is 0 Å². The third-order valence-corrected chi connectivity index (χ3v) is 4.52. The first-order valence-electron chi connectivity index (χ1n) is 7.91. The molecule has 0 saturated carbocycles. The SMILES string of the molecule is CC(C)N(C)C(=O)c1cc(-c2ccccc2Cl)nc2ccccc12. The number of nitrogens with zero attached hydrogens (tertiary/aromatic N) is 2. The molecular formula is C20H19ClN2O. The van der Waals surface area contributed by atoms with Gasteiger partial charge in [-0.15, -0.1) is 0 Å². The van der Waals surface area contributed by atoms with Gasteiger partial charge in [-0.05, 0) is 32.0 Å². The number of aromatic nitrogens is 1. The average Bonchev–Trinajstić information content (AvgIpc) is 2.59. The zero-order valence-corrected chi connectivity index (χ0v) is 14.7. The van der Waals surface area contributed by atoms with Gasteiger partial charge in [0.1, 0.15) is 0 Å². The first-order chi connectivity index (χ1) is 11.5. The van der Waals surface area contributed by atoms with E-state index in [0.717, 1.165) is 16.5 Å². The fourth-order valence-corrected chi connectivity index (χ4v) is 2.82. The van der Waals surface area contributed by atoms with Crippen LogP contribution in [0.15, 0.2) is 54.6 Å². The number of benzene rings is 2. The maximum Gasteiger partial charge on any atom is 0.254 e. The summed E-state index contributed by atoms with van der Waals surface area (Å²) in [4.78, 5) is 19.4. The summed E-state index contributed by atoms with van der Waals surface area (Å²) in [6.07, 6.45) is 0. The van der Waals surface area contributed by atoms with Crippen LogP contribution in [0.3, 0.4) is 0 Å². The van der Waals surface area contributed by atoms with E-state index in [9.17, 15) is 4.79 Å². The molecular weight excluding hydrogens is 320 g/mol. The number of halogens is 1. The highest BCUT2D eigenvalue weighted by Gasteiger charge is 2.19. The maximum atomic E-state index is 12.9. The van der Waals surface area contributed by atoms with Gasteiger partial charge in [-0.1, -0.05) is 48.0 Å². The molecule has 0 N–H and O–H groups in total. The van der Waals surface area contributed by atoms with Crippen molar-refractivity contribution in [3.8, 4) is 11.3 Å². The largest absolute Gasteiger partial charge is 0.339 e. The number of para-hydroxylation sites is 1. The fraction of sp³-hybridized carbons (Fsp3) is 0.200. The molecule has 0 aliphatic heterocycles. The lowest BCUT2D eigenvalue weighted by Gasteiger charge is -2.22. The molecule has 0 aliphatic rings. The van der Waals surface area contributed by atoms with Gasteiger partial charge in [-0.25, -0.2) is 4.98 Å². The molecule has 0 fully saturated rings. The predicted octanol–water partition coefficient (Wildman–Crippen LogP) is 5.04.